The van der Waals surface area contributed by atoms with Crippen LogP contribution in [0.25, 0.3) is 0 Å². The Morgan fingerprint density at radius 1 is 0.814 bits per heavy atom. The minimum Gasteiger partial charge on any atom is -0.490 e. The van der Waals surface area contributed by atoms with E-state index in [0.29, 0.717) is 35.0 Å². The van der Waals surface area contributed by atoms with Gasteiger partial charge in [-0.3, -0.25) is 19.2 Å². The van der Waals surface area contributed by atoms with Crippen LogP contribution in [0.15, 0.2) is 121 Å². The van der Waals surface area contributed by atoms with Gasteiger partial charge in [-0.25, -0.2) is 9.59 Å². The minimum atomic E-state index is -3.16. The fourth-order valence-electron chi connectivity index (χ4n) is 14.9. The monoisotopic (exact) mass is 1220 g/mol. The molecule has 11 unspecified atom stereocenters. The van der Waals surface area contributed by atoms with Crippen LogP contribution >= 0.6 is 0 Å². The number of ether oxygens (including phenoxy) is 6. The number of esters is 4. The van der Waals surface area contributed by atoms with Gasteiger partial charge in [0.25, 0.3) is 5.91 Å². The third-order valence-electron chi connectivity index (χ3n) is 19.7. The van der Waals surface area contributed by atoms with E-state index in [1.165, 1.54) is 6.92 Å². The van der Waals surface area contributed by atoms with Gasteiger partial charge in [-0.1, -0.05) is 143 Å². The summed E-state index contributed by atoms with van der Waals surface area (Å²) in [6.45, 7) is 34.1. The van der Waals surface area contributed by atoms with Crippen LogP contribution in [0.2, 0.25) is 34.8 Å². The first kappa shape index (κ1) is 67.5. The van der Waals surface area contributed by atoms with E-state index in [1.807, 2.05) is 0 Å². The molecule has 0 aromatic heterocycles. The molecule has 86 heavy (non-hydrogen) atoms. The van der Waals surface area contributed by atoms with Crippen LogP contribution in [-0.2, 0) is 51.7 Å². The summed E-state index contributed by atoms with van der Waals surface area (Å²) in [5.41, 5.74) is -6.64. The van der Waals surface area contributed by atoms with Crippen molar-refractivity contribution in [2.24, 2.45) is 16.7 Å². The highest BCUT2D eigenvalue weighted by molar-refractivity contribution is 6.77. The number of fused-ring (bicyclic) bond motifs is 5. The van der Waals surface area contributed by atoms with Gasteiger partial charge in [-0.15, -0.1) is 6.58 Å². The van der Waals surface area contributed by atoms with Crippen LogP contribution in [0, 0.1) is 16.7 Å². The number of allylic oxidation sites excluding steroid dienone is 1. The number of amides is 1. The summed E-state index contributed by atoms with van der Waals surface area (Å²) in [6.07, 6.45) is -5.58. The molecule has 16 nitrogen and oxygen atoms in total. The molecule has 0 radical (unpaired) electrons. The van der Waals surface area contributed by atoms with Gasteiger partial charge in [0.1, 0.15) is 36.3 Å². The van der Waals surface area contributed by atoms with Crippen molar-refractivity contribution in [2.45, 2.75) is 211 Å². The quantitative estimate of drug-likeness (QED) is 0.0332. The summed E-state index contributed by atoms with van der Waals surface area (Å²) in [5.74, 6) is -5.43. The van der Waals surface area contributed by atoms with Crippen molar-refractivity contribution in [1.82, 2.24) is 5.32 Å². The SMILES string of the molecule is C=CCCC(=O)OC12COC1CC(O[Si](CC)(CC)CC)C1(C)C(=O)C(OC(C)=O)C3=C(C)C(OC(=O)C(O[Si](C(C)C)(C(C)C)C(C)C)C(NC(=O)c4ccccc4)c4cccc(OCC=C)c4)CC(O)(C(OC(=O)c4ccccc4)C21)C3(C)C. The number of carbonyl (C=O) groups excluding carboxylic acids is 6. The van der Waals surface area contributed by atoms with Gasteiger partial charge in [0, 0.05) is 37.2 Å². The third kappa shape index (κ3) is 12.5. The average molecular weight is 1220 g/mol. The Morgan fingerprint density at radius 2 is 1.42 bits per heavy atom. The molecule has 11 atom stereocenters. The average Bonchev–Trinajstić information content (AvgIpc) is 0.671. The zero-order valence-corrected chi connectivity index (χ0v) is 55.0. The van der Waals surface area contributed by atoms with Crippen LogP contribution in [0.4, 0.5) is 0 Å². The molecule has 1 heterocycles. The van der Waals surface area contributed by atoms with Crippen molar-refractivity contribution in [3.05, 3.63) is 138 Å². The lowest BCUT2D eigenvalue weighted by Gasteiger charge is -2.68. The molecule has 18 heteroatoms. The van der Waals surface area contributed by atoms with Gasteiger partial charge in [0.2, 0.25) is 8.32 Å². The molecule has 7 rings (SSSR count). The van der Waals surface area contributed by atoms with Crippen molar-refractivity contribution < 1.29 is 71.1 Å². The van der Waals surface area contributed by atoms with Crippen LogP contribution < -0.4 is 10.1 Å². The molecule has 0 spiro atoms. The Kier molecular flexibility index (Phi) is 21.3. The predicted molar refractivity (Wildman–Crippen MR) is 333 cm³/mol. The molecule has 3 aromatic carbocycles. The first-order valence-electron chi connectivity index (χ1n) is 30.7. The lowest BCUT2D eigenvalue weighted by molar-refractivity contribution is -0.345. The second-order valence-corrected chi connectivity index (χ2v) is 35.7. The van der Waals surface area contributed by atoms with E-state index >= 15 is 14.4 Å². The van der Waals surface area contributed by atoms with Crippen LogP contribution in [-0.4, -0.2) is 118 Å². The van der Waals surface area contributed by atoms with E-state index < -0.39 is 129 Å². The summed E-state index contributed by atoms with van der Waals surface area (Å²) in [5, 5.41) is 17.9. The Morgan fingerprint density at radius 3 is 1.95 bits per heavy atom. The van der Waals surface area contributed by atoms with Crippen molar-refractivity contribution in [1.29, 1.82) is 0 Å². The molecule has 3 aliphatic carbocycles. The van der Waals surface area contributed by atoms with Gasteiger partial charge >= 0.3 is 23.9 Å². The summed E-state index contributed by atoms with van der Waals surface area (Å²) >= 11 is 0. The van der Waals surface area contributed by atoms with E-state index in [-0.39, 0.29) is 65.8 Å². The topological polar surface area (TPSA) is 209 Å². The maximum atomic E-state index is 16.9. The van der Waals surface area contributed by atoms with Crippen LogP contribution in [0.1, 0.15) is 155 Å². The normalized spacial score (nSPS) is 26.8. The number of ketones is 1. The molecular formula is C68H93NO15Si2. The largest absolute Gasteiger partial charge is 0.490 e. The van der Waals surface area contributed by atoms with Gasteiger partial charge in [0.15, 0.2) is 31.9 Å². The Balaban J connectivity index is 1.54. The molecule has 468 valence electrons. The molecule has 3 aromatic rings. The summed E-state index contributed by atoms with van der Waals surface area (Å²) in [6, 6.07) is 24.6. The lowest BCUT2D eigenvalue weighted by Crippen LogP contribution is -2.82. The number of nitrogens with one attached hydrogen (secondary N) is 1. The van der Waals surface area contributed by atoms with E-state index in [9.17, 15) is 19.5 Å². The molecule has 1 aliphatic heterocycles. The molecule has 2 bridgehead atoms. The Labute approximate surface area is 511 Å². The molecule has 3 fully saturated rings. The maximum absolute atomic E-state index is 16.9. The molecule has 1 amide bonds. The highest BCUT2D eigenvalue weighted by Gasteiger charge is 2.79. The van der Waals surface area contributed by atoms with E-state index in [4.69, 9.17) is 37.3 Å². The Bertz CT molecular complexity index is 2960. The van der Waals surface area contributed by atoms with Crippen molar-refractivity contribution in [2.75, 3.05) is 13.2 Å². The highest BCUT2D eigenvalue weighted by Crippen LogP contribution is 2.65. The zero-order valence-electron chi connectivity index (χ0n) is 53.0. The smallest absolute Gasteiger partial charge is 0.338 e. The van der Waals surface area contributed by atoms with Crippen LogP contribution in [0.3, 0.4) is 0 Å². The molecule has 2 saturated carbocycles. The van der Waals surface area contributed by atoms with Gasteiger partial charge in [0.05, 0.1) is 35.6 Å². The standard InChI is InChI=1S/C68H93NO15Si2/c1-17-22-36-54(71)82-67-41-78-53(67)39-52(83-85(19-3,20-4)21-5)66(16)59(67)61(81-63(74)48-32-27-24-28-33-48)68(76)40-51(45(12)55(65(68,14)15)57(60(66)72)79-46(13)70)80-64(75)58(84-86(42(6)7,43(8)9)44(10)11)56(69-62(73)47-30-25-23-26-31-47)49-34-29-35-50(38-49)77-37-18-2/h17-18,23-35,38,42-44,51-53,56-59,61,76H,1-2,19-22,36-37,39-41H2,3-16H3,(H,69,73). The highest BCUT2D eigenvalue weighted by atomic mass is 28.4. The summed E-state index contributed by atoms with van der Waals surface area (Å²) < 4.78 is 54.5. The number of hydrogen-bond acceptors (Lipinski definition) is 15. The van der Waals surface area contributed by atoms with Gasteiger partial charge in [-0.2, -0.15) is 0 Å². The number of rotatable bonds is 26. The number of aliphatic hydroxyl groups is 1. The lowest BCUT2D eigenvalue weighted by atomic mass is 9.44. The van der Waals surface area contributed by atoms with Gasteiger partial charge < -0.3 is 47.7 Å². The number of hydrogen-bond donors (Lipinski definition) is 2. The maximum Gasteiger partial charge on any atom is 0.338 e. The number of carbonyl (C=O) groups is 6. The second-order valence-electron chi connectivity index (χ2n) is 25.6. The number of Topliss-reactive ketones (excluding diaryl/α,β-unsaturated/α-hetero) is 1. The second kappa shape index (κ2) is 27.2. The third-order valence-corrected chi connectivity index (χ3v) is 30.5. The predicted octanol–water partition coefficient (Wildman–Crippen LogP) is 12.5. The van der Waals surface area contributed by atoms with E-state index in [2.05, 4.69) is 80.8 Å². The first-order valence-corrected chi connectivity index (χ1v) is 35.4. The van der Waals surface area contributed by atoms with Crippen molar-refractivity contribution >= 4 is 52.2 Å². The molecule has 2 N–H and O–H groups in total. The van der Waals surface area contributed by atoms with Crippen LogP contribution in [0.5, 0.6) is 5.75 Å². The Hall–Kier alpha value is -6.03. The minimum absolute atomic E-state index is 0.0645. The molecular weight excluding hydrogens is 1130 g/mol. The molecule has 1 saturated heterocycles. The zero-order chi connectivity index (χ0) is 63.3. The van der Waals surface area contributed by atoms with Crippen molar-refractivity contribution in [3.63, 3.8) is 0 Å². The van der Waals surface area contributed by atoms with Crippen molar-refractivity contribution in [3.8, 4) is 5.75 Å². The van der Waals surface area contributed by atoms with Gasteiger partial charge in [-0.05, 0) is 108 Å². The molecule has 4 aliphatic rings. The fourth-order valence-corrected chi connectivity index (χ4v) is 23.3. The fraction of sp³-hybridized carbons (Fsp3) is 0.559. The van der Waals surface area contributed by atoms with E-state index in [0.717, 1.165) is 0 Å². The summed E-state index contributed by atoms with van der Waals surface area (Å²) in [4.78, 5) is 91.4. The number of benzene rings is 3. The summed E-state index contributed by atoms with van der Waals surface area (Å²) in [7, 11) is -5.87. The first-order chi connectivity index (χ1) is 40.6. The van der Waals surface area contributed by atoms with E-state index in [1.54, 1.807) is 125 Å².